The number of carbonyl (C=O) groups is 2. The number of amides is 1. The molecule has 8 heteroatoms. The largest absolute Gasteiger partial charge is 0.344 e. The van der Waals surface area contributed by atoms with Gasteiger partial charge in [0.2, 0.25) is 5.78 Å². The molecule has 1 aromatic carbocycles. The number of ketones is 1. The summed E-state index contributed by atoms with van der Waals surface area (Å²) in [7, 11) is 1.70. The summed E-state index contributed by atoms with van der Waals surface area (Å²) in [5, 5.41) is 4.84. The number of hydrogen-bond acceptors (Lipinski definition) is 6. The zero-order valence-corrected chi connectivity index (χ0v) is 21.1. The van der Waals surface area contributed by atoms with Gasteiger partial charge in [0, 0.05) is 41.8 Å². The van der Waals surface area contributed by atoms with E-state index in [4.69, 9.17) is 4.99 Å². The summed E-state index contributed by atoms with van der Waals surface area (Å²) in [6.07, 6.45) is 5.42. The van der Waals surface area contributed by atoms with Gasteiger partial charge < -0.3 is 10.2 Å². The number of hydrogen-bond donors (Lipinski definition) is 1. The Morgan fingerprint density at radius 2 is 2.11 bits per heavy atom. The first-order chi connectivity index (χ1) is 16.8. The molecule has 184 valence electrons. The van der Waals surface area contributed by atoms with Crippen molar-refractivity contribution in [2.45, 2.75) is 38.9 Å². The number of halogens is 1. The number of nitrogens with one attached hydrogen (secondary N) is 1. The third-order valence-corrected chi connectivity index (χ3v) is 6.49. The van der Waals surface area contributed by atoms with E-state index in [1.54, 1.807) is 43.5 Å². The topological polar surface area (TPSA) is 74.1 Å². The van der Waals surface area contributed by atoms with Crippen LogP contribution in [0, 0.1) is 0 Å². The third kappa shape index (κ3) is 6.66. The van der Waals surface area contributed by atoms with Crippen molar-refractivity contribution in [1.82, 2.24) is 10.2 Å². The summed E-state index contributed by atoms with van der Waals surface area (Å²) in [6, 6.07) is 8.23. The number of amidine groups is 1. The predicted octanol–water partition coefficient (Wildman–Crippen LogP) is 4.88. The molecule has 0 radical (unpaired) electrons. The minimum absolute atomic E-state index is 0.282. The van der Waals surface area contributed by atoms with E-state index in [1.165, 1.54) is 18.7 Å². The van der Waals surface area contributed by atoms with Gasteiger partial charge in [-0.1, -0.05) is 60.8 Å². The van der Waals surface area contributed by atoms with Crippen molar-refractivity contribution in [2.24, 2.45) is 9.98 Å². The molecule has 35 heavy (non-hydrogen) atoms. The van der Waals surface area contributed by atoms with Crippen LogP contribution in [0.25, 0.3) is 0 Å². The van der Waals surface area contributed by atoms with Gasteiger partial charge in [0.15, 0.2) is 0 Å². The first kappa shape index (κ1) is 26.3. The number of allylic oxidation sites excluding steroid dienone is 3. The van der Waals surface area contributed by atoms with Gasteiger partial charge in [-0.15, -0.1) is 0 Å². The van der Waals surface area contributed by atoms with Crippen LogP contribution in [0.2, 0.25) is 0 Å². The van der Waals surface area contributed by atoms with E-state index < -0.39 is 17.9 Å². The van der Waals surface area contributed by atoms with Crippen molar-refractivity contribution >= 4 is 35.0 Å². The minimum Gasteiger partial charge on any atom is -0.344 e. The van der Waals surface area contributed by atoms with E-state index in [0.29, 0.717) is 31.5 Å². The van der Waals surface area contributed by atoms with Crippen molar-refractivity contribution in [1.29, 1.82) is 0 Å². The molecule has 1 saturated heterocycles. The van der Waals surface area contributed by atoms with E-state index in [-0.39, 0.29) is 6.04 Å². The quantitative estimate of drug-likeness (QED) is 0.286. The highest BCUT2D eigenvalue weighted by atomic mass is 32.2. The standard InChI is InChI=1S/C27H31FN4O2S/c1-5-14-35-19(3)26-30-16-22(23(29-4)13-9-10-18(2)28)24-15-21(17-32(24)26)31-27(34)25(33)20-11-7-6-8-12-20/h5-9,11-14,18,21H,3,10,15-17H2,1-2,4H3,(H,31,34)/b13-9-,14-5-,29-23?. The highest BCUT2D eigenvalue weighted by molar-refractivity contribution is 8.06. The molecule has 2 aliphatic heterocycles. The minimum atomic E-state index is -0.935. The maximum atomic E-state index is 13.3. The van der Waals surface area contributed by atoms with Crippen LogP contribution in [0.5, 0.6) is 0 Å². The smallest absolute Gasteiger partial charge is 0.292 e. The van der Waals surface area contributed by atoms with Gasteiger partial charge in [0.25, 0.3) is 5.91 Å². The van der Waals surface area contributed by atoms with Crippen LogP contribution in [0.1, 0.15) is 37.0 Å². The summed E-state index contributed by atoms with van der Waals surface area (Å²) in [5.41, 5.74) is 2.99. The molecule has 1 aromatic rings. The lowest BCUT2D eigenvalue weighted by atomic mass is 10.0. The number of aliphatic imine (C=N–C) groups is 2. The van der Waals surface area contributed by atoms with Crippen molar-refractivity contribution in [3.63, 3.8) is 0 Å². The monoisotopic (exact) mass is 494 g/mol. The van der Waals surface area contributed by atoms with Crippen molar-refractivity contribution < 1.29 is 14.0 Å². The van der Waals surface area contributed by atoms with Gasteiger partial charge in [0.1, 0.15) is 12.0 Å². The molecule has 2 atom stereocenters. The second-order valence-corrected chi connectivity index (χ2v) is 9.28. The van der Waals surface area contributed by atoms with E-state index in [2.05, 4.69) is 16.9 Å². The van der Waals surface area contributed by atoms with E-state index in [0.717, 1.165) is 27.7 Å². The van der Waals surface area contributed by atoms with Crippen LogP contribution in [0.3, 0.4) is 0 Å². The number of benzene rings is 1. The third-order valence-electron chi connectivity index (χ3n) is 5.62. The lowest BCUT2D eigenvalue weighted by Gasteiger charge is -2.29. The van der Waals surface area contributed by atoms with Crippen LogP contribution < -0.4 is 5.32 Å². The fraction of sp³-hybridized carbons (Fsp3) is 0.333. The lowest BCUT2D eigenvalue weighted by molar-refractivity contribution is -0.117. The van der Waals surface area contributed by atoms with Gasteiger partial charge in [-0.25, -0.2) is 4.39 Å². The first-order valence-electron chi connectivity index (χ1n) is 11.5. The summed E-state index contributed by atoms with van der Waals surface area (Å²) in [4.78, 5) is 37.3. The van der Waals surface area contributed by atoms with Crippen molar-refractivity contribution in [3.05, 3.63) is 82.3 Å². The van der Waals surface area contributed by atoms with Crippen LogP contribution in [-0.2, 0) is 4.79 Å². The zero-order valence-electron chi connectivity index (χ0n) is 20.3. The second-order valence-electron chi connectivity index (χ2n) is 8.28. The van der Waals surface area contributed by atoms with Crippen molar-refractivity contribution in [2.75, 3.05) is 20.1 Å². The molecule has 6 nitrogen and oxygen atoms in total. The Hall–Kier alpha value is -3.26. The molecule has 1 fully saturated rings. The summed E-state index contributed by atoms with van der Waals surface area (Å²) < 4.78 is 13.3. The lowest BCUT2D eigenvalue weighted by Crippen LogP contribution is -2.42. The Morgan fingerprint density at radius 1 is 1.37 bits per heavy atom. The zero-order chi connectivity index (χ0) is 25.4. The average molecular weight is 495 g/mol. The molecule has 1 amide bonds. The predicted molar refractivity (Wildman–Crippen MR) is 143 cm³/mol. The Bertz CT molecular complexity index is 1120. The van der Waals surface area contributed by atoms with Gasteiger partial charge >= 0.3 is 0 Å². The van der Waals surface area contributed by atoms with Crippen LogP contribution in [0.15, 0.2) is 86.7 Å². The molecule has 1 N–H and O–H groups in total. The SMILES string of the molecule is C=C(S/C=C\C)C1=NCC(C(/C=C\CC(C)F)=NC)=C2CC(NC(=O)C(=O)c3ccccc3)CN12. The number of fused-ring (bicyclic) bond motifs is 1. The fourth-order valence-electron chi connectivity index (χ4n) is 3.99. The molecule has 0 aromatic heterocycles. The summed E-state index contributed by atoms with van der Waals surface area (Å²) in [5.74, 6) is -0.453. The maximum Gasteiger partial charge on any atom is 0.292 e. The molecule has 2 unspecified atom stereocenters. The summed E-state index contributed by atoms with van der Waals surface area (Å²) >= 11 is 1.48. The average Bonchev–Trinajstić information content (AvgIpc) is 3.28. The van der Waals surface area contributed by atoms with E-state index >= 15 is 0 Å². The molecule has 0 saturated carbocycles. The molecule has 2 heterocycles. The number of rotatable bonds is 10. The maximum absolute atomic E-state index is 13.3. The van der Waals surface area contributed by atoms with Gasteiger partial charge in [-0.2, -0.15) is 0 Å². The number of thioether (sulfide) groups is 1. The first-order valence-corrected chi connectivity index (χ1v) is 12.4. The Labute approximate surface area is 210 Å². The molecule has 0 spiro atoms. The second kappa shape index (κ2) is 12.4. The fourth-order valence-corrected chi connectivity index (χ4v) is 4.57. The highest BCUT2D eigenvalue weighted by Crippen LogP contribution is 2.34. The molecule has 3 rings (SSSR count). The number of Topliss-reactive ketones (excluding diaryl/α,β-unsaturated/α-hetero) is 1. The van der Waals surface area contributed by atoms with Gasteiger partial charge in [0.05, 0.1) is 18.3 Å². The molecular weight excluding hydrogens is 463 g/mol. The van der Waals surface area contributed by atoms with E-state index in [1.807, 2.05) is 29.4 Å². The number of alkyl halides is 1. The molecule has 0 bridgehead atoms. The van der Waals surface area contributed by atoms with Gasteiger partial charge in [-0.05, 0) is 31.8 Å². The number of nitrogens with zero attached hydrogens (tertiary/aromatic N) is 3. The molecule has 2 aliphatic rings. The Balaban J connectivity index is 1.86. The van der Waals surface area contributed by atoms with Crippen molar-refractivity contribution in [3.8, 4) is 0 Å². The Kier molecular flexibility index (Phi) is 9.37. The molecule has 0 aliphatic carbocycles. The normalized spacial score (nSPS) is 19.2. The Morgan fingerprint density at radius 3 is 2.77 bits per heavy atom. The van der Waals surface area contributed by atoms with Crippen LogP contribution in [0.4, 0.5) is 4.39 Å². The van der Waals surface area contributed by atoms with Crippen LogP contribution >= 0.6 is 11.8 Å². The van der Waals surface area contributed by atoms with E-state index in [9.17, 15) is 14.0 Å². The molecular formula is C27H31FN4O2S. The number of carbonyl (C=O) groups excluding carboxylic acids is 2. The highest BCUT2D eigenvalue weighted by Gasteiger charge is 2.37. The van der Waals surface area contributed by atoms with Crippen LogP contribution in [-0.4, -0.2) is 60.5 Å². The summed E-state index contributed by atoms with van der Waals surface area (Å²) in [6.45, 7) is 8.50. The van der Waals surface area contributed by atoms with Gasteiger partial charge in [-0.3, -0.25) is 19.6 Å².